The van der Waals surface area contributed by atoms with Crippen LogP contribution in [0.3, 0.4) is 0 Å². The normalized spacial score (nSPS) is 12.5. The molecule has 0 fully saturated rings. The average molecular weight is 368 g/mol. The molecule has 2 aromatic carbocycles. The zero-order valence-corrected chi connectivity index (χ0v) is 15.2. The number of nitrogens with one attached hydrogen (secondary N) is 1. The van der Waals surface area contributed by atoms with Crippen LogP contribution in [0.1, 0.15) is 25.0 Å². The van der Waals surface area contributed by atoms with Crippen LogP contribution in [0, 0.1) is 23.1 Å². The molecule has 0 aliphatic carbocycles. The van der Waals surface area contributed by atoms with Gasteiger partial charge in [-0.25, -0.2) is 4.39 Å². The number of hydrogen-bond acceptors (Lipinski definition) is 4. The van der Waals surface area contributed by atoms with E-state index in [9.17, 15) is 14.0 Å². The summed E-state index contributed by atoms with van der Waals surface area (Å²) in [6.07, 6.45) is -0.345. The number of rotatable bonds is 7. The molecule has 0 aliphatic rings. The smallest absolute Gasteiger partial charge is 0.309 e. The van der Waals surface area contributed by atoms with E-state index in [0.717, 1.165) is 5.56 Å². The summed E-state index contributed by atoms with van der Waals surface area (Å²) in [4.78, 5) is 24.4. The van der Waals surface area contributed by atoms with Crippen LogP contribution < -0.4 is 5.32 Å². The second-order valence-corrected chi connectivity index (χ2v) is 6.34. The quantitative estimate of drug-likeness (QED) is 0.757. The molecule has 140 valence electrons. The second-order valence-electron chi connectivity index (χ2n) is 6.34. The monoisotopic (exact) mass is 368 g/mol. The minimum absolute atomic E-state index is 0.297. The summed E-state index contributed by atoms with van der Waals surface area (Å²) in [6, 6.07) is 14.9. The van der Waals surface area contributed by atoms with Gasteiger partial charge in [-0.05, 0) is 48.7 Å². The molecule has 2 atom stereocenters. The molecule has 27 heavy (non-hydrogen) atoms. The lowest BCUT2D eigenvalue weighted by molar-refractivity contribution is -0.156. The van der Waals surface area contributed by atoms with Crippen molar-refractivity contribution in [1.29, 1.82) is 5.26 Å². The van der Waals surface area contributed by atoms with Gasteiger partial charge in [0.15, 0.2) is 6.10 Å². The molecule has 1 N–H and O–H groups in total. The summed E-state index contributed by atoms with van der Waals surface area (Å²) >= 11 is 0. The van der Waals surface area contributed by atoms with Crippen LogP contribution in [-0.4, -0.2) is 18.0 Å². The minimum atomic E-state index is -0.966. The molecular formula is C21H21FN2O3. The van der Waals surface area contributed by atoms with Crippen LogP contribution in [0.15, 0.2) is 48.5 Å². The lowest BCUT2D eigenvalue weighted by Crippen LogP contribution is -2.32. The Hall–Kier alpha value is -3.20. The number of amides is 1. The van der Waals surface area contributed by atoms with E-state index in [1.165, 1.54) is 19.1 Å². The summed E-state index contributed by atoms with van der Waals surface area (Å²) in [7, 11) is 0. The van der Waals surface area contributed by atoms with E-state index in [2.05, 4.69) is 5.32 Å². The van der Waals surface area contributed by atoms with Crippen molar-refractivity contribution in [3.8, 4) is 6.07 Å². The Balaban J connectivity index is 1.87. The summed E-state index contributed by atoms with van der Waals surface area (Å²) < 4.78 is 18.4. The predicted molar refractivity (Wildman–Crippen MR) is 99.2 cm³/mol. The maximum absolute atomic E-state index is 13.2. The van der Waals surface area contributed by atoms with Crippen LogP contribution >= 0.6 is 0 Å². The number of carbonyl (C=O) groups is 2. The topological polar surface area (TPSA) is 79.2 Å². The van der Waals surface area contributed by atoms with Crippen molar-refractivity contribution in [2.45, 2.75) is 32.8 Å². The molecule has 0 aromatic heterocycles. The Morgan fingerprint density at radius 3 is 2.48 bits per heavy atom. The lowest BCUT2D eigenvalue weighted by Gasteiger charge is -2.17. The molecule has 2 unspecified atom stereocenters. The first-order valence-electron chi connectivity index (χ1n) is 8.60. The molecule has 1 amide bonds. The maximum atomic E-state index is 13.2. The Morgan fingerprint density at radius 1 is 1.15 bits per heavy atom. The van der Waals surface area contributed by atoms with Gasteiger partial charge in [0, 0.05) is 5.69 Å². The third kappa shape index (κ3) is 6.23. The predicted octanol–water partition coefficient (Wildman–Crippen LogP) is 3.64. The fourth-order valence-corrected chi connectivity index (χ4v) is 2.49. The molecule has 0 radical (unpaired) electrons. The molecule has 2 rings (SSSR count). The van der Waals surface area contributed by atoms with Gasteiger partial charge in [-0.3, -0.25) is 9.59 Å². The van der Waals surface area contributed by atoms with E-state index in [0.29, 0.717) is 24.1 Å². The summed E-state index contributed by atoms with van der Waals surface area (Å²) in [5, 5.41) is 11.3. The third-order valence-electron chi connectivity index (χ3n) is 4.00. The van der Waals surface area contributed by atoms with Gasteiger partial charge in [-0.1, -0.05) is 31.2 Å². The van der Waals surface area contributed by atoms with E-state index in [1.807, 2.05) is 6.07 Å². The zero-order chi connectivity index (χ0) is 19.8. The number of carbonyl (C=O) groups excluding carboxylic acids is 2. The first-order valence-corrected chi connectivity index (χ1v) is 8.60. The van der Waals surface area contributed by atoms with Gasteiger partial charge >= 0.3 is 5.97 Å². The number of nitrogens with zero attached hydrogens (tertiary/aromatic N) is 1. The summed E-state index contributed by atoms with van der Waals surface area (Å²) in [5.41, 5.74) is 2.09. The molecule has 0 bridgehead atoms. The number of halogens is 1. The van der Waals surface area contributed by atoms with Crippen LogP contribution in [0.25, 0.3) is 0 Å². The first kappa shape index (κ1) is 20.1. The second kappa shape index (κ2) is 9.48. The number of benzene rings is 2. The number of hydrogen-bond donors (Lipinski definition) is 1. The molecule has 0 saturated heterocycles. The van der Waals surface area contributed by atoms with Crippen molar-refractivity contribution in [2.24, 2.45) is 5.92 Å². The SMILES string of the molecule is CC(Cc1cccc(F)c1)C(=O)OC(C)C(=O)Nc1ccc(CC#N)cc1. The number of nitriles is 1. The molecule has 6 heteroatoms. The fraction of sp³-hybridized carbons (Fsp3) is 0.286. The standard InChI is InChI=1S/C21H21FN2O3/c1-14(12-17-4-3-5-18(22)13-17)21(26)27-15(2)20(25)24-19-8-6-16(7-9-19)10-11-23/h3-9,13-15H,10,12H2,1-2H3,(H,24,25). The molecular weight excluding hydrogens is 347 g/mol. The highest BCUT2D eigenvalue weighted by Gasteiger charge is 2.22. The Morgan fingerprint density at radius 2 is 1.85 bits per heavy atom. The Bertz CT molecular complexity index is 843. The van der Waals surface area contributed by atoms with Gasteiger partial charge in [0.25, 0.3) is 5.91 Å². The highest BCUT2D eigenvalue weighted by atomic mass is 19.1. The van der Waals surface area contributed by atoms with Crippen molar-refractivity contribution in [3.05, 3.63) is 65.5 Å². The molecule has 2 aromatic rings. The van der Waals surface area contributed by atoms with E-state index in [-0.39, 0.29) is 5.82 Å². The first-order chi connectivity index (χ1) is 12.9. The van der Waals surface area contributed by atoms with E-state index in [4.69, 9.17) is 10.00 Å². The average Bonchev–Trinajstić information content (AvgIpc) is 2.63. The lowest BCUT2D eigenvalue weighted by atomic mass is 10.0. The minimum Gasteiger partial charge on any atom is -0.452 e. The van der Waals surface area contributed by atoms with E-state index >= 15 is 0 Å². The van der Waals surface area contributed by atoms with Gasteiger partial charge < -0.3 is 10.1 Å². The number of ether oxygens (including phenoxy) is 1. The van der Waals surface area contributed by atoms with Crippen LogP contribution in [0.5, 0.6) is 0 Å². The van der Waals surface area contributed by atoms with Gasteiger partial charge in [-0.2, -0.15) is 5.26 Å². The fourth-order valence-electron chi connectivity index (χ4n) is 2.49. The zero-order valence-electron chi connectivity index (χ0n) is 15.2. The maximum Gasteiger partial charge on any atom is 0.309 e. The highest BCUT2D eigenvalue weighted by molar-refractivity contribution is 5.95. The van der Waals surface area contributed by atoms with Gasteiger partial charge in [-0.15, -0.1) is 0 Å². The van der Waals surface area contributed by atoms with Crippen LogP contribution in [0.4, 0.5) is 10.1 Å². The summed E-state index contributed by atoms with van der Waals surface area (Å²) in [5.74, 6) is -1.84. The molecule has 5 nitrogen and oxygen atoms in total. The van der Waals surface area contributed by atoms with Crippen LogP contribution in [0.2, 0.25) is 0 Å². The van der Waals surface area contributed by atoms with E-state index in [1.54, 1.807) is 43.3 Å². The van der Waals surface area contributed by atoms with Gasteiger partial charge in [0.05, 0.1) is 18.4 Å². The van der Waals surface area contributed by atoms with Crippen LogP contribution in [-0.2, 0) is 27.2 Å². The van der Waals surface area contributed by atoms with Crippen molar-refractivity contribution < 1.29 is 18.7 Å². The van der Waals surface area contributed by atoms with Crippen molar-refractivity contribution in [3.63, 3.8) is 0 Å². The Kier molecular flexibility index (Phi) is 7.07. The van der Waals surface area contributed by atoms with Gasteiger partial charge in [0.1, 0.15) is 5.82 Å². The number of esters is 1. The van der Waals surface area contributed by atoms with E-state index < -0.39 is 23.9 Å². The van der Waals surface area contributed by atoms with Crippen molar-refractivity contribution >= 4 is 17.6 Å². The Labute approximate surface area is 157 Å². The van der Waals surface area contributed by atoms with Gasteiger partial charge in [0.2, 0.25) is 0 Å². The van der Waals surface area contributed by atoms with Crippen molar-refractivity contribution in [2.75, 3.05) is 5.32 Å². The molecule has 0 saturated carbocycles. The highest BCUT2D eigenvalue weighted by Crippen LogP contribution is 2.14. The molecule has 0 spiro atoms. The molecule has 0 aliphatic heterocycles. The largest absolute Gasteiger partial charge is 0.452 e. The summed E-state index contributed by atoms with van der Waals surface area (Å²) in [6.45, 7) is 3.16. The molecule has 0 heterocycles. The third-order valence-corrected chi connectivity index (χ3v) is 4.00. The van der Waals surface area contributed by atoms with Crippen molar-refractivity contribution in [1.82, 2.24) is 0 Å². The number of anilines is 1.